The molecule has 2 unspecified atom stereocenters. The molecule has 0 aromatic carbocycles. The second-order valence-electron chi connectivity index (χ2n) is 4.88. The van der Waals surface area contributed by atoms with Crippen LogP contribution in [-0.2, 0) is 0 Å². The van der Waals surface area contributed by atoms with Crippen molar-refractivity contribution in [2.45, 2.75) is 38.6 Å². The molecule has 3 nitrogen and oxygen atoms in total. The van der Waals surface area contributed by atoms with Crippen LogP contribution in [0.5, 0.6) is 0 Å². The minimum absolute atomic E-state index is 0.347. The molecule has 0 spiro atoms. The lowest BCUT2D eigenvalue weighted by Crippen LogP contribution is -2.37. The van der Waals surface area contributed by atoms with Gasteiger partial charge in [-0.05, 0) is 53.2 Å². The third-order valence-corrected chi connectivity index (χ3v) is 4.58. The number of nitrogens with zero attached hydrogens (tertiary/aromatic N) is 1. The number of anilines is 1. The molecule has 0 aliphatic heterocycles. The number of hydrogen-bond donors (Lipinski definition) is 2. The monoisotopic (exact) mass is 297 g/mol. The Labute approximate surface area is 111 Å². The number of hydrogen-bond acceptors (Lipinski definition) is 3. The topological polar surface area (TPSA) is 50.9 Å². The van der Waals surface area contributed by atoms with Crippen LogP contribution in [0.15, 0.2) is 16.7 Å². The zero-order valence-corrected chi connectivity index (χ0v) is 11.8. The highest BCUT2D eigenvalue weighted by molar-refractivity contribution is 9.10. The van der Waals surface area contributed by atoms with Crippen LogP contribution in [0.1, 0.15) is 31.2 Å². The molecule has 0 saturated heterocycles. The summed E-state index contributed by atoms with van der Waals surface area (Å²) >= 11 is 3.56. The van der Waals surface area contributed by atoms with Gasteiger partial charge in [0.1, 0.15) is 5.82 Å². The van der Waals surface area contributed by atoms with E-state index in [9.17, 15) is 0 Å². The highest BCUT2D eigenvalue weighted by atomic mass is 79.9. The number of rotatable bonds is 3. The summed E-state index contributed by atoms with van der Waals surface area (Å²) in [6.07, 6.45) is 6.82. The maximum Gasteiger partial charge on any atom is 0.140 e. The minimum Gasteiger partial charge on any atom is -0.369 e. The molecule has 2 atom stereocenters. The van der Waals surface area contributed by atoms with E-state index in [1.165, 1.54) is 24.8 Å². The molecule has 0 bridgehead atoms. The molecule has 1 fully saturated rings. The van der Waals surface area contributed by atoms with Gasteiger partial charge in [0.25, 0.3) is 0 Å². The Hall–Kier alpha value is -0.610. The highest BCUT2D eigenvalue weighted by Gasteiger charge is 2.21. The first kappa shape index (κ1) is 12.8. The predicted molar refractivity (Wildman–Crippen MR) is 75.1 cm³/mol. The van der Waals surface area contributed by atoms with Crippen LogP contribution in [0, 0.1) is 12.8 Å². The van der Waals surface area contributed by atoms with Crippen LogP contribution < -0.4 is 11.1 Å². The summed E-state index contributed by atoms with van der Waals surface area (Å²) in [5, 5.41) is 3.42. The SMILES string of the molecule is Cc1ccnc(NCC2CCCCC2N)c1Br. The first-order valence-corrected chi connectivity index (χ1v) is 7.08. The Morgan fingerprint density at radius 2 is 2.24 bits per heavy atom. The van der Waals surface area contributed by atoms with Gasteiger partial charge in [-0.2, -0.15) is 0 Å². The molecule has 17 heavy (non-hydrogen) atoms. The Balaban J connectivity index is 1.95. The first-order chi connectivity index (χ1) is 8.18. The van der Waals surface area contributed by atoms with Gasteiger partial charge < -0.3 is 11.1 Å². The van der Waals surface area contributed by atoms with Crippen LogP contribution in [0.25, 0.3) is 0 Å². The lowest BCUT2D eigenvalue weighted by atomic mass is 9.85. The van der Waals surface area contributed by atoms with E-state index in [1.54, 1.807) is 0 Å². The summed E-state index contributed by atoms with van der Waals surface area (Å²) in [6, 6.07) is 2.35. The number of nitrogens with one attached hydrogen (secondary N) is 1. The second-order valence-corrected chi connectivity index (χ2v) is 5.67. The van der Waals surface area contributed by atoms with Gasteiger partial charge in [-0.1, -0.05) is 12.8 Å². The standard InChI is InChI=1S/C13H20BrN3/c1-9-6-7-16-13(12(9)14)17-8-10-4-2-3-5-11(10)15/h6-7,10-11H,2-5,8,15H2,1H3,(H,16,17). The Kier molecular flexibility index (Phi) is 4.40. The summed E-state index contributed by atoms with van der Waals surface area (Å²) in [5.41, 5.74) is 7.34. The maximum atomic E-state index is 6.14. The number of pyridine rings is 1. The van der Waals surface area contributed by atoms with Gasteiger partial charge in [0.05, 0.1) is 4.47 Å². The van der Waals surface area contributed by atoms with Crippen LogP contribution in [0.3, 0.4) is 0 Å². The van der Waals surface area contributed by atoms with E-state index in [-0.39, 0.29) is 0 Å². The molecule has 3 N–H and O–H groups in total. The summed E-state index contributed by atoms with van der Waals surface area (Å²) in [7, 11) is 0. The number of nitrogens with two attached hydrogens (primary N) is 1. The van der Waals surface area contributed by atoms with Crippen molar-refractivity contribution in [2.24, 2.45) is 11.7 Å². The van der Waals surface area contributed by atoms with E-state index in [1.807, 2.05) is 12.3 Å². The Morgan fingerprint density at radius 1 is 1.47 bits per heavy atom. The third-order valence-electron chi connectivity index (χ3n) is 3.58. The van der Waals surface area contributed by atoms with Crippen LogP contribution >= 0.6 is 15.9 Å². The van der Waals surface area contributed by atoms with Gasteiger partial charge in [-0.15, -0.1) is 0 Å². The number of halogens is 1. The summed E-state index contributed by atoms with van der Waals surface area (Å²) < 4.78 is 1.06. The molecular weight excluding hydrogens is 278 g/mol. The minimum atomic E-state index is 0.347. The first-order valence-electron chi connectivity index (χ1n) is 6.29. The zero-order valence-electron chi connectivity index (χ0n) is 10.2. The highest BCUT2D eigenvalue weighted by Crippen LogP contribution is 2.26. The molecule has 4 heteroatoms. The quantitative estimate of drug-likeness (QED) is 0.901. The predicted octanol–water partition coefficient (Wildman–Crippen LogP) is 3.08. The van der Waals surface area contributed by atoms with E-state index in [0.717, 1.165) is 23.3 Å². The lowest BCUT2D eigenvalue weighted by Gasteiger charge is -2.28. The van der Waals surface area contributed by atoms with Gasteiger partial charge in [-0.25, -0.2) is 4.98 Å². The molecule has 1 aliphatic rings. The average Bonchev–Trinajstić information content (AvgIpc) is 2.33. The fraction of sp³-hybridized carbons (Fsp3) is 0.615. The van der Waals surface area contributed by atoms with Crippen LogP contribution in [0.2, 0.25) is 0 Å². The van der Waals surface area contributed by atoms with Gasteiger partial charge in [0.15, 0.2) is 0 Å². The van der Waals surface area contributed by atoms with E-state index in [4.69, 9.17) is 5.73 Å². The molecule has 0 amide bonds. The van der Waals surface area contributed by atoms with Gasteiger partial charge >= 0.3 is 0 Å². The van der Waals surface area contributed by atoms with Crippen molar-refractivity contribution in [3.63, 3.8) is 0 Å². The molecular formula is C13H20BrN3. The molecule has 2 rings (SSSR count). The van der Waals surface area contributed by atoms with Crippen molar-refractivity contribution in [3.8, 4) is 0 Å². The van der Waals surface area contributed by atoms with Crippen molar-refractivity contribution in [2.75, 3.05) is 11.9 Å². The Morgan fingerprint density at radius 3 is 3.00 bits per heavy atom. The van der Waals surface area contributed by atoms with Gasteiger partial charge in [0.2, 0.25) is 0 Å². The molecule has 1 aromatic rings. The maximum absolute atomic E-state index is 6.14. The molecule has 94 valence electrons. The van der Waals surface area contributed by atoms with Crippen molar-refractivity contribution in [1.29, 1.82) is 0 Å². The van der Waals surface area contributed by atoms with Gasteiger partial charge in [-0.3, -0.25) is 0 Å². The summed E-state index contributed by atoms with van der Waals surface area (Å²) in [6.45, 7) is 3.00. The molecule has 1 saturated carbocycles. The molecule has 0 radical (unpaired) electrons. The van der Waals surface area contributed by atoms with Crippen molar-refractivity contribution in [3.05, 3.63) is 22.3 Å². The summed E-state index contributed by atoms with van der Waals surface area (Å²) in [5.74, 6) is 1.51. The van der Waals surface area contributed by atoms with Crippen LogP contribution in [-0.4, -0.2) is 17.6 Å². The molecule has 1 heterocycles. The van der Waals surface area contributed by atoms with Crippen LogP contribution in [0.4, 0.5) is 5.82 Å². The van der Waals surface area contributed by atoms with Gasteiger partial charge in [0, 0.05) is 18.8 Å². The van der Waals surface area contributed by atoms with Crippen molar-refractivity contribution in [1.82, 2.24) is 4.98 Å². The third kappa shape index (κ3) is 3.19. The molecule has 1 aromatic heterocycles. The van der Waals surface area contributed by atoms with E-state index < -0.39 is 0 Å². The number of aromatic nitrogens is 1. The number of aryl methyl sites for hydroxylation is 1. The second kappa shape index (κ2) is 5.83. The molecule has 1 aliphatic carbocycles. The van der Waals surface area contributed by atoms with E-state index >= 15 is 0 Å². The fourth-order valence-corrected chi connectivity index (χ4v) is 2.76. The van der Waals surface area contributed by atoms with E-state index in [0.29, 0.717) is 12.0 Å². The lowest BCUT2D eigenvalue weighted by molar-refractivity contribution is 0.321. The van der Waals surface area contributed by atoms with Crippen molar-refractivity contribution >= 4 is 21.7 Å². The zero-order chi connectivity index (χ0) is 12.3. The van der Waals surface area contributed by atoms with Crippen molar-refractivity contribution < 1.29 is 0 Å². The largest absolute Gasteiger partial charge is 0.369 e. The Bertz CT molecular complexity index is 381. The normalized spacial score (nSPS) is 24.6. The smallest absolute Gasteiger partial charge is 0.140 e. The average molecular weight is 298 g/mol. The summed E-state index contributed by atoms with van der Waals surface area (Å²) in [4.78, 5) is 4.35. The van der Waals surface area contributed by atoms with E-state index in [2.05, 4.69) is 33.2 Å². The fourth-order valence-electron chi connectivity index (χ4n) is 2.38.